The molecule has 0 saturated heterocycles. The van der Waals surface area contributed by atoms with Crippen LogP contribution in [0.2, 0.25) is 0 Å². The molecule has 21 heavy (non-hydrogen) atoms. The third-order valence-corrected chi connectivity index (χ3v) is 5.18. The fourth-order valence-corrected chi connectivity index (χ4v) is 3.51. The number of hydrogen-bond acceptors (Lipinski definition) is 4. The topological polar surface area (TPSA) is 84.5 Å². The molecule has 1 aliphatic carbocycles. The summed E-state index contributed by atoms with van der Waals surface area (Å²) in [5.74, 6) is 0.686. The lowest BCUT2D eigenvalue weighted by atomic mass is 10.3. The van der Waals surface area contributed by atoms with Crippen LogP contribution >= 0.6 is 15.9 Å². The van der Waals surface area contributed by atoms with E-state index in [1.807, 2.05) is 0 Å². The summed E-state index contributed by atoms with van der Waals surface area (Å²) in [4.78, 5) is 11.5. The van der Waals surface area contributed by atoms with Crippen LogP contribution in [0.1, 0.15) is 12.8 Å². The van der Waals surface area contributed by atoms with E-state index in [0.717, 1.165) is 12.8 Å². The second-order valence-corrected chi connectivity index (χ2v) is 7.38. The maximum Gasteiger partial charge on any atom is 0.240 e. The number of rotatable bonds is 7. The molecule has 1 amide bonds. The van der Waals surface area contributed by atoms with E-state index < -0.39 is 10.0 Å². The molecule has 1 aliphatic rings. The lowest BCUT2D eigenvalue weighted by molar-refractivity contribution is -0.122. The lowest BCUT2D eigenvalue weighted by Gasteiger charge is -2.09. The Balaban J connectivity index is 1.88. The molecule has 1 aromatic carbocycles. The molecule has 0 unspecified atom stereocenters. The lowest BCUT2D eigenvalue weighted by Crippen LogP contribution is -2.35. The third kappa shape index (κ3) is 4.42. The number of carbonyl (C=O) groups is 1. The van der Waals surface area contributed by atoms with E-state index in [9.17, 15) is 13.2 Å². The Morgan fingerprint density at radius 1 is 1.38 bits per heavy atom. The zero-order valence-corrected chi connectivity index (χ0v) is 14.0. The maximum absolute atomic E-state index is 12.1. The minimum atomic E-state index is -3.60. The molecule has 0 aromatic heterocycles. The number of ether oxygens (including phenoxy) is 1. The summed E-state index contributed by atoms with van der Waals surface area (Å²) >= 11 is 3.25. The van der Waals surface area contributed by atoms with Crippen LogP contribution in [-0.2, 0) is 14.8 Å². The molecule has 6 nitrogen and oxygen atoms in total. The van der Waals surface area contributed by atoms with Crippen molar-refractivity contribution in [2.75, 3.05) is 20.2 Å². The Morgan fingerprint density at radius 2 is 2.10 bits per heavy atom. The van der Waals surface area contributed by atoms with Gasteiger partial charge in [-0.1, -0.05) is 0 Å². The SMILES string of the molecule is COc1ccc(S(=O)(=O)NCCNC(=O)C2CC2)cc1Br. The minimum absolute atomic E-state index is 0.00129. The highest BCUT2D eigenvalue weighted by molar-refractivity contribution is 9.10. The van der Waals surface area contributed by atoms with E-state index in [4.69, 9.17) is 4.74 Å². The number of benzene rings is 1. The number of nitrogens with one attached hydrogen (secondary N) is 2. The van der Waals surface area contributed by atoms with Gasteiger partial charge in [-0.15, -0.1) is 0 Å². The van der Waals surface area contributed by atoms with Gasteiger partial charge in [-0.25, -0.2) is 13.1 Å². The van der Waals surface area contributed by atoms with Crippen molar-refractivity contribution in [2.24, 2.45) is 5.92 Å². The first kappa shape index (κ1) is 16.3. The number of hydrogen-bond donors (Lipinski definition) is 2. The third-order valence-electron chi connectivity index (χ3n) is 3.10. The fourth-order valence-electron chi connectivity index (χ4n) is 1.76. The molecule has 0 spiro atoms. The maximum atomic E-state index is 12.1. The van der Waals surface area contributed by atoms with Crippen molar-refractivity contribution in [1.82, 2.24) is 10.0 Å². The number of halogens is 1. The van der Waals surface area contributed by atoms with Crippen LogP contribution in [0, 0.1) is 5.92 Å². The normalized spacial score (nSPS) is 14.8. The van der Waals surface area contributed by atoms with E-state index in [1.165, 1.54) is 19.2 Å². The number of amides is 1. The van der Waals surface area contributed by atoms with Gasteiger partial charge in [0.05, 0.1) is 16.5 Å². The molecule has 1 saturated carbocycles. The van der Waals surface area contributed by atoms with Crippen LogP contribution < -0.4 is 14.8 Å². The molecule has 8 heteroatoms. The van der Waals surface area contributed by atoms with Crippen molar-refractivity contribution in [2.45, 2.75) is 17.7 Å². The van der Waals surface area contributed by atoms with E-state index in [1.54, 1.807) is 6.07 Å². The monoisotopic (exact) mass is 376 g/mol. The van der Waals surface area contributed by atoms with Gasteiger partial charge < -0.3 is 10.1 Å². The van der Waals surface area contributed by atoms with Crippen LogP contribution in [0.5, 0.6) is 5.75 Å². The van der Waals surface area contributed by atoms with Gasteiger partial charge in [0.2, 0.25) is 15.9 Å². The van der Waals surface area contributed by atoms with Crippen molar-refractivity contribution in [3.63, 3.8) is 0 Å². The zero-order valence-electron chi connectivity index (χ0n) is 11.6. The van der Waals surface area contributed by atoms with Gasteiger partial charge in [-0.2, -0.15) is 0 Å². The number of methoxy groups -OCH3 is 1. The Hall–Kier alpha value is -1.12. The molecular weight excluding hydrogens is 360 g/mol. The van der Waals surface area contributed by atoms with Crippen molar-refractivity contribution in [3.05, 3.63) is 22.7 Å². The molecule has 0 heterocycles. The van der Waals surface area contributed by atoms with Crippen LogP contribution in [0.4, 0.5) is 0 Å². The molecule has 0 aliphatic heterocycles. The Labute approximate surface area is 132 Å². The van der Waals surface area contributed by atoms with E-state index in [-0.39, 0.29) is 29.8 Å². The second kappa shape index (κ2) is 6.76. The average molecular weight is 377 g/mol. The Kier molecular flexibility index (Phi) is 5.23. The highest BCUT2D eigenvalue weighted by Crippen LogP contribution is 2.28. The molecule has 2 N–H and O–H groups in total. The number of sulfonamides is 1. The van der Waals surface area contributed by atoms with Gasteiger partial charge in [0.1, 0.15) is 5.75 Å². The molecule has 1 fully saturated rings. The largest absolute Gasteiger partial charge is 0.496 e. The van der Waals surface area contributed by atoms with Gasteiger partial charge in [0.15, 0.2) is 0 Å². The minimum Gasteiger partial charge on any atom is -0.496 e. The fraction of sp³-hybridized carbons (Fsp3) is 0.462. The first-order valence-electron chi connectivity index (χ1n) is 6.55. The van der Waals surface area contributed by atoms with Crippen LogP contribution in [0.15, 0.2) is 27.6 Å². The molecule has 116 valence electrons. The van der Waals surface area contributed by atoms with E-state index in [0.29, 0.717) is 10.2 Å². The summed E-state index contributed by atoms with van der Waals surface area (Å²) in [5.41, 5.74) is 0. The molecule has 2 rings (SSSR count). The Morgan fingerprint density at radius 3 is 2.67 bits per heavy atom. The highest BCUT2D eigenvalue weighted by Gasteiger charge is 2.29. The smallest absolute Gasteiger partial charge is 0.240 e. The first-order chi connectivity index (χ1) is 9.94. The summed E-state index contributed by atoms with van der Waals surface area (Å²) in [6.07, 6.45) is 1.86. The van der Waals surface area contributed by atoms with Crippen LogP contribution in [-0.4, -0.2) is 34.5 Å². The van der Waals surface area contributed by atoms with Gasteiger partial charge >= 0.3 is 0 Å². The predicted molar refractivity (Wildman–Crippen MR) is 81.6 cm³/mol. The van der Waals surface area contributed by atoms with Crippen molar-refractivity contribution < 1.29 is 17.9 Å². The average Bonchev–Trinajstić information content (AvgIpc) is 3.28. The summed E-state index contributed by atoms with van der Waals surface area (Å²) < 4.78 is 32.3. The summed E-state index contributed by atoms with van der Waals surface area (Å²) in [6.45, 7) is 0.441. The molecule has 1 aromatic rings. The van der Waals surface area contributed by atoms with Gasteiger partial charge in [0.25, 0.3) is 0 Å². The van der Waals surface area contributed by atoms with Crippen molar-refractivity contribution >= 4 is 31.9 Å². The van der Waals surface area contributed by atoms with E-state index >= 15 is 0 Å². The van der Waals surface area contributed by atoms with Gasteiger partial charge in [-0.3, -0.25) is 4.79 Å². The van der Waals surface area contributed by atoms with E-state index in [2.05, 4.69) is 26.0 Å². The highest BCUT2D eigenvalue weighted by atomic mass is 79.9. The Bertz CT molecular complexity index is 629. The van der Waals surface area contributed by atoms with Gasteiger partial charge in [-0.05, 0) is 47.0 Å². The zero-order chi connectivity index (χ0) is 15.5. The van der Waals surface area contributed by atoms with Crippen molar-refractivity contribution in [1.29, 1.82) is 0 Å². The standard InChI is InChI=1S/C13H17BrN2O4S/c1-20-12-5-4-10(8-11(12)14)21(18,19)16-7-6-15-13(17)9-2-3-9/h4-5,8-9,16H,2-3,6-7H2,1H3,(H,15,17). The molecule has 0 bridgehead atoms. The summed E-state index contributed by atoms with van der Waals surface area (Å²) in [7, 11) is -2.09. The van der Waals surface area contributed by atoms with Gasteiger partial charge in [0, 0.05) is 19.0 Å². The quantitative estimate of drug-likeness (QED) is 0.701. The second-order valence-electron chi connectivity index (χ2n) is 4.76. The summed E-state index contributed by atoms with van der Waals surface area (Å²) in [5, 5.41) is 2.70. The number of carbonyl (C=O) groups excluding carboxylic acids is 1. The molecular formula is C13H17BrN2O4S. The van der Waals surface area contributed by atoms with Crippen LogP contribution in [0.3, 0.4) is 0 Å². The van der Waals surface area contributed by atoms with Crippen LogP contribution in [0.25, 0.3) is 0 Å². The molecule has 0 radical (unpaired) electrons. The first-order valence-corrected chi connectivity index (χ1v) is 8.82. The predicted octanol–water partition coefficient (Wildman–Crippen LogP) is 1.26. The van der Waals surface area contributed by atoms with Crippen molar-refractivity contribution in [3.8, 4) is 5.75 Å². The summed E-state index contributed by atoms with van der Waals surface area (Å²) in [6, 6.07) is 4.52. The molecule has 0 atom stereocenters.